The Morgan fingerprint density at radius 2 is 1.72 bits per heavy atom. The summed E-state index contributed by atoms with van der Waals surface area (Å²) in [6.07, 6.45) is 3.97. The van der Waals surface area contributed by atoms with Gasteiger partial charge in [-0.3, -0.25) is 4.90 Å². The van der Waals surface area contributed by atoms with Crippen molar-refractivity contribution in [3.8, 4) is 11.3 Å². The molecule has 5 rings (SSSR count). The molecular formula is C28H32N8. The lowest BCUT2D eigenvalue weighted by molar-refractivity contribution is 0.880. The van der Waals surface area contributed by atoms with Gasteiger partial charge in [-0.25, -0.2) is 15.0 Å². The number of rotatable bonds is 6. The third kappa shape index (κ3) is 5.83. The largest absolute Gasteiger partial charge is 0.357 e. The van der Waals surface area contributed by atoms with E-state index in [9.17, 15) is 0 Å². The molecule has 0 fully saturated rings. The van der Waals surface area contributed by atoms with Gasteiger partial charge in [-0.15, -0.1) is 0 Å². The smallest absolute Gasteiger partial charge is 0.234 e. The molecule has 0 aliphatic carbocycles. The molecule has 0 atom stereocenters. The van der Waals surface area contributed by atoms with E-state index in [0.717, 1.165) is 28.4 Å². The minimum absolute atomic E-state index is 0.556. The summed E-state index contributed by atoms with van der Waals surface area (Å²) in [5, 5.41) is 7.29. The highest BCUT2D eigenvalue weighted by Crippen LogP contribution is 2.26. The van der Waals surface area contributed by atoms with E-state index in [0.29, 0.717) is 11.9 Å². The third-order valence-corrected chi connectivity index (χ3v) is 5.65. The molecule has 0 aliphatic heterocycles. The topological polar surface area (TPSA) is 84.1 Å². The molecule has 8 nitrogen and oxygen atoms in total. The fraction of sp³-hybridized carbons (Fsp3) is 0.250. The summed E-state index contributed by atoms with van der Waals surface area (Å²) in [6, 6.07) is 22.5. The van der Waals surface area contributed by atoms with Gasteiger partial charge in [-0.1, -0.05) is 73.5 Å². The summed E-state index contributed by atoms with van der Waals surface area (Å²) >= 11 is 0. The number of fused-ring (bicyclic) bond motifs is 1. The molecule has 36 heavy (non-hydrogen) atoms. The number of benzene rings is 2. The summed E-state index contributed by atoms with van der Waals surface area (Å²) in [5.74, 6) is 1.90. The molecule has 8 heteroatoms. The molecule has 0 unspecified atom stereocenters. The lowest BCUT2D eigenvalue weighted by atomic mass is 10.1. The lowest BCUT2D eigenvalue weighted by Gasteiger charge is -2.19. The van der Waals surface area contributed by atoms with Crippen molar-refractivity contribution in [1.29, 1.82) is 0 Å². The number of nitrogens with one attached hydrogen (secondary N) is 1. The SMILES string of the molecule is CCCc1cccc(C)c1.CNc1nc(C)cc(N(C)c2nc(-c3ccccc3)cc3ncnn23)n1. The van der Waals surface area contributed by atoms with Crippen LogP contribution in [0.5, 0.6) is 0 Å². The summed E-state index contributed by atoms with van der Waals surface area (Å²) in [6.45, 7) is 6.28. The van der Waals surface area contributed by atoms with Gasteiger partial charge < -0.3 is 5.32 Å². The zero-order chi connectivity index (χ0) is 25.5. The van der Waals surface area contributed by atoms with Crippen molar-refractivity contribution in [3.63, 3.8) is 0 Å². The number of aryl methyl sites for hydroxylation is 3. The second-order valence-corrected chi connectivity index (χ2v) is 8.58. The molecule has 3 aromatic heterocycles. The van der Waals surface area contributed by atoms with Gasteiger partial charge in [0.25, 0.3) is 0 Å². The standard InChI is InChI=1S/C18H18N8.C10H14/c1-12-9-16(24-17(19-2)22-12)25(3)18-23-14(13-7-5-4-6-8-13)10-15-20-11-21-26(15)18;1-3-5-10-7-4-6-9(2)8-10/h4-11H,1-3H3,(H,19,22,24);4,6-8H,3,5H2,1-2H3. The highest BCUT2D eigenvalue weighted by molar-refractivity contribution is 5.67. The maximum atomic E-state index is 4.81. The number of anilines is 3. The predicted octanol–water partition coefficient (Wildman–Crippen LogP) is 5.65. The Hall–Kier alpha value is -4.33. The molecule has 0 bridgehead atoms. The Labute approximate surface area is 212 Å². The average Bonchev–Trinajstić information content (AvgIpc) is 3.37. The van der Waals surface area contributed by atoms with Gasteiger partial charge in [-0.2, -0.15) is 14.6 Å². The molecule has 184 valence electrons. The Balaban J connectivity index is 0.000000256. The second-order valence-electron chi connectivity index (χ2n) is 8.58. The van der Waals surface area contributed by atoms with Crippen LogP contribution in [0.1, 0.15) is 30.2 Å². The summed E-state index contributed by atoms with van der Waals surface area (Å²) in [4.78, 5) is 19.9. The first-order valence-corrected chi connectivity index (χ1v) is 12.1. The second kappa shape index (κ2) is 11.4. The molecule has 0 aliphatic rings. The first kappa shape index (κ1) is 24.8. The molecule has 0 saturated heterocycles. The fourth-order valence-electron chi connectivity index (χ4n) is 3.88. The Bertz CT molecular complexity index is 1430. The van der Waals surface area contributed by atoms with Crippen LogP contribution in [0, 0.1) is 13.8 Å². The molecule has 0 spiro atoms. The Kier molecular flexibility index (Phi) is 7.85. The van der Waals surface area contributed by atoms with Crippen LogP contribution in [0.2, 0.25) is 0 Å². The van der Waals surface area contributed by atoms with Crippen molar-refractivity contribution in [1.82, 2.24) is 29.5 Å². The monoisotopic (exact) mass is 480 g/mol. The molecule has 5 aromatic rings. The van der Waals surface area contributed by atoms with Gasteiger partial charge in [-0.05, 0) is 25.8 Å². The van der Waals surface area contributed by atoms with Crippen LogP contribution >= 0.6 is 0 Å². The van der Waals surface area contributed by atoms with Crippen molar-refractivity contribution in [2.75, 3.05) is 24.3 Å². The first-order valence-electron chi connectivity index (χ1n) is 12.1. The number of nitrogens with zero attached hydrogens (tertiary/aromatic N) is 7. The lowest BCUT2D eigenvalue weighted by Crippen LogP contribution is -2.18. The Morgan fingerprint density at radius 1 is 0.917 bits per heavy atom. The van der Waals surface area contributed by atoms with Gasteiger partial charge in [0.1, 0.15) is 12.1 Å². The van der Waals surface area contributed by atoms with Gasteiger partial charge in [0.2, 0.25) is 11.9 Å². The van der Waals surface area contributed by atoms with Crippen LogP contribution in [0.4, 0.5) is 17.7 Å². The molecule has 1 N–H and O–H groups in total. The van der Waals surface area contributed by atoms with Gasteiger partial charge >= 0.3 is 0 Å². The van der Waals surface area contributed by atoms with Crippen LogP contribution in [-0.2, 0) is 6.42 Å². The number of aromatic nitrogens is 6. The van der Waals surface area contributed by atoms with Crippen LogP contribution in [0.3, 0.4) is 0 Å². The van der Waals surface area contributed by atoms with Crippen molar-refractivity contribution in [2.24, 2.45) is 0 Å². The van der Waals surface area contributed by atoms with Crippen LogP contribution in [0.15, 0.2) is 73.1 Å². The Morgan fingerprint density at radius 3 is 2.44 bits per heavy atom. The van der Waals surface area contributed by atoms with E-state index in [1.807, 2.05) is 61.3 Å². The van der Waals surface area contributed by atoms with E-state index in [4.69, 9.17) is 4.98 Å². The van der Waals surface area contributed by atoms with E-state index in [1.54, 1.807) is 11.6 Å². The average molecular weight is 481 g/mol. The molecule has 3 heterocycles. The van der Waals surface area contributed by atoms with E-state index < -0.39 is 0 Å². The zero-order valence-electron chi connectivity index (χ0n) is 21.5. The fourth-order valence-corrected chi connectivity index (χ4v) is 3.88. The molecule has 0 saturated carbocycles. The van der Waals surface area contributed by atoms with Gasteiger partial charge in [0.05, 0.1) is 5.69 Å². The summed E-state index contributed by atoms with van der Waals surface area (Å²) in [7, 11) is 3.70. The summed E-state index contributed by atoms with van der Waals surface area (Å²) in [5.41, 5.74) is 6.25. The van der Waals surface area contributed by atoms with Gasteiger partial charge in [0.15, 0.2) is 5.65 Å². The van der Waals surface area contributed by atoms with Crippen molar-refractivity contribution < 1.29 is 0 Å². The van der Waals surface area contributed by atoms with E-state index in [1.165, 1.54) is 30.3 Å². The first-order chi connectivity index (χ1) is 17.5. The van der Waals surface area contributed by atoms with Crippen LogP contribution < -0.4 is 10.2 Å². The molecular weight excluding hydrogens is 448 g/mol. The highest BCUT2D eigenvalue weighted by Gasteiger charge is 2.16. The predicted molar refractivity (Wildman–Crippen MR) is 146 cm³/mol. The van der Waals surface area contributed by atoms with Crippen molar-refractivity contribution in [2.45, 2.75) is 33.6 Å². The van der Waals surface area contributed by atoms with E-state index in [2.05, 4.69) is 63.5 Å². The van der Waals surface area contributed by atoms with Gasteiger partial charge in [0, 0.05) is 37.5 Å². The zero-order valence-corrected chi connectivity index (χ0v) is 21.5. The quantitative estimate of drug-likeness (QED) is 0.336. The number of hydrogen-bond donors (Lipinski definition) is 1. The summed E-state index contributed by atoms with van der Waals surface area (Å²) < 4.78 is 1.70. The molecule has 0 radical (unpaired) electrons. The molecule has 0 amide bonds. The van der Waals surface area contributed by atoms with Crippen LogP contribution in [0.25, 0.3) is 16.9 Å². The van der Waals surface area contributed by atoms with E-state index >= 15 is 0 Å². The maximum absolute atomic E-state index is 4.81. The highest BCUT2D eigenvalue weighted by atomic mass is 15.4. The van der Waals surface area contributed by atoms with E-state index in [-0.39, 0.29) is 0 Å². The van der Waals surface area contributed by atoms with Crippen LogP contribution in [-0.4, -0.2) is 43.6 Å². The molecule has 2 aromatic carbocycles. The minimum atomic E-state index is 0.556. The third-order valence-electron chi connectivity index (χ3n) is 5.65. The normalized spacial score (nSPS) is 10.6. The van der Waals surface area contributed by atoms with Crippen molar-refractivity contribution >= 4 is 23.4 Å². The van der Waals surface area contributed by atoms with Crippen molar-refractivity contribution in [3.05, 3.63) is 89.9 Å². The maximum Gasteiger partial charge on any atom is 0.234 e. The minimum Gasteiger partial charge on any atom is -0.357 e. The number of hydrogen-bond acceptors (Lipinski definition) is 7.